The molecule has 230 valence electrons. The molecule has 0 saturated carbocycles. The molecule has 0 aromatic carbocycles. The third-order valence-corrected chi connectivity index (χ3v) is 7.68. The van der Waals surface area contributed by atoms with Gasteiger partial charge in [-0.1, -0.05) is 70.4 Å². The van der Waals surface area contributed by atoms with Crippen LogP contribution >= 0.6 is 0 Å². The van der Waals surface area contributed by atoms with Gasteiger partial charge in [0, 0.05) is 0 Å². The van der Waals surface area contributed by atoms with Crippen molar-refractivity contribution in [3.05, 3.63) is 70.4 Å². The summed E-state index contributed by atoms with van der Waals surface area (Å²) in [5.74, 6) is -0.630. The number of rotatable bonds is 20. The van der Waals surface area contributed by atoms with E-state index in [1.54, 1.807) is 0 Å². The van der Waals surface area contributed by atoms with Crippen molar-refractivity contribution in [2.45, 2.75) is 131 Å². The summed E-state index contributed by atoms with van der Waals surface area (Å²) < 4.78 is 5.50. The number of carbonyl (C=O) groups is 2. The molecule has 4 nitrogen and oxygen atoms in total. The summed E-state index contributed by atoms with van der Waals surface area (Å²) in [7, 11) is 0. The zero-order valence-electron chi connectivity index (χ0n) is 27.0. The Balaban J connectivity index is 2.66. The number of hydrogen-bond donors (Lipinski definition) is 1. The van der Waals surface area contributed by atoms with Crippen molar-refractivity contribution in [3.63, 3.8) is 0 Å². The van der Waals surface area contributed by atoms with Crippen LogP contribution in [0.1, 0.15) is 131 Å². The second-order valence-electron chi connectivity index (χ2n) is 12.6. The van der Waals surface area contributed by atoms with Gasteiger partial charge in [-0.3, -0.25) is 9.59 Å². The largest absolute Gasteiger partial charge is 0.481 e. The van der Waals surface area contributed by atoms with Crippen LogP contribution in [-0.4, -0.2) is 23.7 Å². The third-order valence-electron chi connectivity index (χ3n) is 7.68. The van der Waals surface area contributed by atoms with Gasteiger partial charge in [-0.05, 0) is 130 Å². The van der Waals surface area contributed by atoms with E-state index < -0.39 is 11.9 Å². The van der Waals surface area contributed by atoms with E-state index in [1.165, 1.54) is 33.4 Å². The molecule has 2 atom stereocenters. The van der Waals surface area contributed by atoms with Gasteiger partial charge in [0.2, 0.25) is 0 Å². The number of hydrogen-bond acceptors (Lipinski definition) is 3. The Hall–Kier alpha value is -2.62. The van der Waals surface area contributed by atoms with Crippen molar-refractivity contribution in [3.8, 4) is 0 Å². The first-order valence-electron chi connectivity index (χ1n) is 15.8. The van der Waals surface area contributed by atoms with Crippen LogP contribution in [0.25, 0.3) is 0 Å². The molecule has 0 fully saturated rings. The first kappa shape index (κ1) is 36.4. The van der Waals surface area contributed by atoms with Crippen molar-refractivity contribution in [1.82, 2.24) is 0 Å². The average Bonchev–Trinajstić information content (AvgIpc) is 2.89. The molecular weight excluding hydrogens is 508 g/mol. The number of allylic oxidation sites excluding steroid dienone is 11. The van der Waals surface area contributed by atoms with Crippen molar-refractivity contribution in [2.75, 3.05) is 6.61 Å². The molecule has 0 heterocycles. The van der Waals surface area contributed by atoms with Crippen molar-refractivity contribution in [2.24, 2.45) is 11.8 Å². The Morgan fingerprint density at radius 1 is 0.829 bits per heavy atom. The summed E-state index contributed by atoms with van der Waals surface area (Å²) in [4.78, 5) is 22.8. The lowest BCUT2D eigenvalue weighted by Crippen LogP contribution is -2.21. The topological polar surface area (TPSA) is 63.6 Å². The summed E-state index contributed by atoms with van der Waals surface area (Å²) >= 11 is 0. The fourth-order valence-corrected chi connectivity index (χ4v) is 5.28. The van der Waals surface area contributed by atoms with Crippen LogP contribution in [0.5, 0.6) is 0 Å². The second kappa shape index (κ2) is 21.1. The SMILES string of the molecule is C=C(CC/C=C(\C)CCC=C(C)C)CC[C@@H]1C=C(CC/C=C(\C)CCC=C(C)C)C[C@H](COC(=O)CCC(=O)O)C1. The van der Waals surface area contributed by atoms with Gasteiger partial charge in [-0.25, -0.2) is 0 Å². The lowest BCUT2D eigenvalue weighted by molar-refractivity contribution is -0.148. The van der Waals surface area contributed by atoms with E-state index in [4.69, 9.17) is 9.84 Å². The molecule has 0 bridgehead atoms. The van der Waals surface area contributed by atoms with E-state index >= 15 is 0 Å². The van der Waals surface area contributed by atoms with Crippen LogP contribution in [-0.2, 0) is 14.3 Å². The van der Waals surface area contributed by atoms with Crippen LogP contribution in [0.15, 0.2) is 70.4 Å². The normalized spacial score (nSPS) is 17.5. The zero-order valence-corrected chi connectivity index (χ0v) is 27.0. The molecule has 1 N–H and O–H groups in total. The van der Waals surface area contributed by atoms with E-state index in [2.05, 4.69) is 78.5 Å². The van der Waals surface area contributed by atoms with Crippen LogP contribution in [0.2, 0.25) is 0 Å². The van der Waals surface area contributed by atoms with Gasteiger partial charge in [-0.15, -0.1) is 0 Å². The maximum atomic E-state index is 12.0. The van der Waals surface area contributed by atoms with E-state index in [0.29, 0.717) is 12.5 Å². The molecule has 1 aliphatic carbocycles. The first-order chi connectivity index (χ1) is 19.4. The molecular formula is C37H58O4. The van der Waals surface area contributed by atoms with Gasteiger partial charge >= 0.3 is 11.9 Å². The summed E-state index contributed by atoms with van der Waals surface area (Å²) in [5, 5.41) is 8.84. The van der Waals surface area contributed by atoms with Crippen LogP contribution < -0.4 is 0 Å². The lowest BCUT2D eigenvalue weighted by atomic mass is 9.79. The van der Waals surface area contributed by atoms with Gasteiger partial charge in [0.25, 0.3) is 0 Å². The Bertz CT molecular complexity index is 980. The molecule has 0 aromatic heterocycles. The summed E-state index contributed by atoms with van der Waals surface area (Å²) in [6.45, 7) is 17.8. The van der Waals surface area contributed by atoms with Crippen LogP contribution in [0.3, 0.4) is 0 Å². The predicted octanol–water partition coefficient (Wildman–Crippen LogP) is 10.6. The highest BCUT2D eigenvalue weighted by Gasteiger charge is 2.24. The van der Waals surface area contributed by atoms with Gasteiger partial charge in [0.1, 0.15) is 0 Å². The standard InChI is InChI=1S/C37H58O4/c1-28(2)12-8-14-30(5)16-10-17-32(7)20-21-34-24-33(19-11-18-31(6)15-9-13-29(3)4)25-35(26-34)27-41-37(40)23-22-36(38)39/h12-13,16,18,24,34-35H,7-11,14-15,17,19-23,25-27H2,1-6H3,(H,38,39)/b30-16+,31-18+/t34-,35+/m1/s1. The van der Waals surface area contributed by atoms with Crippen molar-refractivity contribution < 1.29 is 19.4 Å². The minimum atomic E-state index is -0.969. The van der Waals surface area contributed by atoms with E-state index in [1.807, 2.05) is 0 Å². The van der Waals surface area contributed by atoms with Crippen LogP contribution in [0.4, 0.5) is 0 Å². The predicted molar refractivity (Wildman–Crippen MR) is 174 cm³/mol. The van der Waals surface area contributed by atoms with Crippen molar-refractivity contribution in [1.29, 1.82) is 0 Å². The number of aliphatic carboxylic acids is 1. The molecule has 1 rings (SSSR count). The Morgan fingerprint density at radius 2 is 1.41 bits per heavy atom. The number of esters is 1. The fraction of sp³-hybridized carbons (Fsp3) is 0.622. The Labute approximate surface area is 251 Å². The maximum absolute atomic E-state index is 12.0. The second-order valence-corrected chi connectivity index (χ2v) is 12.6. The fourth-order valence-electron chi connectivity index (χ4n) is 5.28. The highest BCUT2D eigenvalue weighted by Crippen LogP contribution is 2.34. The molecule has 4 heteroatoms. The first-order valence-corrected chi connectivity index (χ1v) is 15.8. The average molecular weight is 567 g/mol. The number of carboxylic acids is 1. The minimum Gasteiger partial charge on any atom is -0.481 e. The van der Waals surface area contributed by atoms with E-state index in [9.17, 15) is 9.59 Å². The molecule has 0 aliphatic heterocycles. The molecule has 41 heavy (non-hydrogen) atoms. The van der Waals surface area contributed by atoms with Gasteiger partial charge < -0.3 is 9.84 Å². The third kappa shape index (κ3) is 20.0. The summed E-state index contributed by atoms with van der Waals surface area (Å²) in [6, 6.07) is 0. The molecule has 1 aliphatic rings. The maximum Gasteiger partial charge on any atom is 0.306 e. The monoisotopic (exact) mass is 566 g/mol. The van der Waals surface area contributed by atoms with Gasteiger partial charge in [0.15, 0.2) is 0 Å². The van der Waals surface area contributed by atoms with E-state index in [0.717, 1.165) is 77.0 Å². The number of carboxylic acid groups (broad SMARTS) is 1. The highest BCUT2D eigenvalue weighted by molar-refractivity contribution is 5.76. The minimum absolute atomic E-state index is 0.0618. The molecule has 0 spiro atoms. The van der Waals surface area contributed by atoms with Crippen molar-refractivity contribution >= 4 is 11.9 Å². The Morgan fingerprint density at radius 3 is 2.00 bits per heavy atom. The lowest BCUT2D eigenvalue weighted by Gasteiger charge is -2.29. The smallest absolute Gasteiger partial charge is 0.306 e. The molecule has 0 unspecified atom stereocenters. The molecule has 0 radical (unpaired) electrons. The Kier molecular flexibility index (Phi) is 18.8. The summed E-state index contributed by atoms with van der Waals surface area (Å²) in [6.07, 6.45) is 24.2. The van der Waals surface area contributed by atoms with Gasteiger partial charge in [-0.2, -0.15) is 0 Å². The van der Waals surface area contributed by atoms with E-state index in [-0.39, 0.29) is 18.8 Å². The quantitative estimate of drug-likeness (QED) is 0.118. The van der Waals surface area contributed by atoms with Crippen LogP contribution in [0, 0.1) is 11.8 Å². The van der Waals surface area contributed by atoms with Gasteiger partial charge in [0.05, 0.1) is 19.4 Å². The molecule has 0 amide bonds. The number of ether oxygens (including phenoxy) is 1. The molecule has 0 saturated heterocycles. The number of carbonyl (C=O) groups excluding carboxylic acids is 1. The summed E-state index contributed by atoms with van der Waals surface area (Å²) in [5.41, 5.74) is 8.42. The zero-order chi connectivity index (χ0) is 30.6. The highest BCUT2D eigenvalue weighted by atomic mass is 16.5. The molecule has 0 aromatic rings.